The number of rotatable bonds is 2. The van der Waals surface area contributed by atoms with Gasteiger partial charge in [0.05, 0.1) is 23.3 Å². The van der Waals surface area contributed by atoms with Gasteiger partial charge in [0.2, 0.25) is 0 Å². The summed E-state index contributed by atoms with van der Waals surface area (Å²) in [4.78, 5) is 11.0. The van der Waals surface area contributed by atoms with Crippen LogP contribution in [0, 0.1) is 10.1 Å². The quantitative estimate of drug-likeness (QED) is 0.323. The van der Waals surface area contributed by atoms with Crippen molar-refractivity contribution in [2.45, 2.75) is 0 Å². The number of hydrogen-bond acceptors (Lipinski definition) is 5. The summed E-state index contributed by atoms with van der Waals surface area (Å²) in [7, 11) is 1.38. The predicted octanol–water partition coefficient (Wildman–Crippen LogP) is 4.01. The van der Waals surface area contributed by atoms with E-state index in [0.29, 0.717) is 21.7 Å². The Bertz CT molecular complexity index is 1020. The van der Waals surface area contributed by atoms with Crippen LogP contribution in [0.25, 0.3) is 27.6 Å². The van der Waals surface area contributed by atoms with Gasteiger partial charge in [0.25, 0.3) is 0 Å². The monoisotopic (exact) mass is 308 g/mol. The Kier molecular flexibility index (Phi) is 2.68. The second-order valence-corrected chi connectivity index (χ2v) is 5.27. The van der Waals surface area contributed by atoms with Crippen LogP contribution in [0.5, 0.6) is 11.5 Å². The molecule has 1 aliphatic heterocycles. The number of nitro groups is 1. The molecule has 6 nitrogen and oxygen atoms in total. The topological polar surface area (TPSA) is 84.6 Å². The fraction of sp³-hybridized carbons (Fsp3) is 0.0588. The van der Waals surface area contributed by atoms with Gasteiger partial charge < -0.3 is 15.2 Å². The molecule has 114 valence electrons. The minimum Gasteiger partial charge on any atom is -0.507 e. The number of nitro benzene ring substituents is 1. The van der Waals surface area contributed by atoms with E-state index in [2.05, 4.69) is 5.32 Å². The van der Waals surface area contributed by atoms with E-state index in [0.717, 1.165) is 11.1 Å². The lowest BCUT2D eigenvalue weighted by Crippen LogP contribution is -2.03. The van der Waals surface area contributed by atoms with Gasteiger partial charge in [-0.1, -0.05) is 24.3 Å². The van der Waals surface area contributed by atoms with Crippen LogP contribution < -0.4 is 10.1 Å². The van der Waals surface area contributed by atoms with Gasteiger partial charge in [0.15, 0.2) is 5.75 Å². The van der Waals surface area contributed by atoms with Crippen LogP contribution >= 0.6 is 0 Å². The minimum atomic E-state index is -0.459. The summed E-state index contributed by atoms with van der Waals surface area (Å²) in [5, 5.41) is 27.9. The highest BCUT2D eigenvalue weighted by Gasteiger charge is 2.28. The molecular formula is C17H12N2O4. The molecule has 1 aliphatic rings. The summed E-state index contributed by atoms with van der Waals surface area (Å²) >= 11 is 0. The first kappa shape index (κ1) is 13.4. The Labute approximate surface area is 130 Å². The molecule has 0 radical (unpaired) electrons. The first-order chi connectivity index (χ1) is 11.1. The third-order valence-corrected chi connectivity index (χ3v) is 4.14. The number of fused-ring (bicyclic) bond motifs is 2. The summed E-state index contributed by atoms with van der Waals surface area (Å²) in [6.45, 7) is 0. The van der Waals surface area contributed by atoms with E-state index >= 15 is 0 Å². The summed E-state index contributed by atoms with van der Waals surface area (Å²) < 4.78 is 5.18. The summed E-state index contributed by atoms with van der Waals surface area (Å²) in [5.74, 6) is 0.214. The fourth-order valence-electron chi connectivity index (χ4n) is 3.18. The lowest BCUT2D eigenvalue weighted by atomic mass is 9.93. The summed E-state index contributed by atoms with van der Waals surface area (Å²) in [6, 6.07) is 8.90. The van der Waals surface area contributed by atoms with E-state index in [4.69, 9.17) is 4.74 Å². The Morgan fingerprint density at radius 1 is 1.22 bits per heavy atom. The van der Waals surface area contributed by atoms with Gasteiger partial charge in [-0.3, -0.25) is 10.1 Å². The normalized spacial score (nSPS) is 12.4. The lowest BCUT2D eigenvalue weighted by Gasteiger charge is -2.19. The molecule has 23 heavy (non-hydrogen) atoms. The number of hydrogen-bond donors (Lipinski definition) is 2. The van der Waals surface area contributed by atoms with Gasteiger partial charge in [0, 0.05) is 27.7 Å². The molecule has 0 aliphatic carbocycles. The number of ether oxygens (including phenoxy) is 1. The predicted molar refractivity (Wildman–Crippen MR) is 89.0 cm³/mol. The highest BCUT2D eigenvalue weighted by molar-refractivity contribution is 6.20. The molecule has 6 heteroatoms. The van der Waals surface area contributed by atoms with Gasteiger partial charge in [-0.05, 0) is 12.1 Å². The summed E-state index contributed by atoms with van der Waals surface area (Å²) in [5.41, 5.74) is 1.07. The molecule has 2 N–H and O–H groups in total. The number of phenols is 1. The molecule has 1 heterocycles. The lowest BCUT2D eigenvalue weighted by molar-refractivity contribution is -0.385. The maximum Gasteiger partial charge on any atom is 0.318 e. The molecule has 0 bridgehead atoms. The number of nitrogens with zero attached hydrogens (tertiary/aromatic N) is 1. The van der Waals surface area contributed by atoms with Crippen LogP contribution in [0.3, 0.4) is 0 Å². The zero-order valence-electron chi connectivity index (χ0n) is 12.2. The number of anilines is 1. The fourth-order valence-corrected chi connectivity index (χ4v) is 3.18. The highest BCUT2D eigenvalue weighted by Crippen LogP contribution is 2.49. The van der Waals surface area contributed by atoms with Gasteiger partial charge in [-0.2, -0.15) is 0 Å². The first-order valence-corrected chi connectivity index (χ1v) is 6.99. The second-order valence-electron chi connectivity index (χ2n) is 5.27. The Morgan fingerprint density at radius 3 is 2.65 bits per heavy atom. The zero-order valence-corrected chi connectivity index (χ0v) is 12.2. The minimum absolute atomic E-state index is 0.0888. The van der Waals surface area contributed by atoms with Crippen molar-refractivity contribution in [1.82, 2.24) is 0 Å². The molecule has 0 spiro atoms. The van der Waals surface area contributed by atoms with E-state index in [1.165, 1.54) is 13.2 Å². The highest BCUT2D eigenvalue weighted by atomic mass is 16.6. The standard InChI is InChI=1S/C17H12N2O4/c1-23-13-8-12-14-11(16(13)19(21)22)6-7-18-15(14)9-4-2-3-5-10(9)17(12)20/h2-8,18,20H,1H3. The Morgan fingerprint density at radius 2 is 1.96 bits per heavy atom. The van der Waals surface area contributed by atoms with Crippen LogP contribution in [0.2, 0.25) is 0 Å². The van der Waals surface area contributed by atoms with E-state index in [-0.39, 0.29) is 17.2 Å². The van der Waals surface area contributed by atoms with Crippen molar-refractivity contribution >= 4 is 39.0 Å². The van der Waals surface area contributed by atoms with Crippen molar-refractivity contribution in [2.24, 2.45) is 0 Å². The number of phenolic OH excluding ortho intramolecular Hbond substituents is 1. The maximum absolute atomic E-state index is 11.5. The molecule has 0 fully saturated rings. The van der Waals surface area contributed by atoms with E-state index < -0.39 is 4.92 Å². The van der Waals surface area contributed by atoms with Crippen LogP contribution in [0.4, 0.5) is 11.4 Å². The molecule has 0 saturated heterocycles. The van der Waals surface area contributed by atoms with Gasteiger partial charge >= 0.3 is 5.69 Å². The molecule has 4 rings (SSSR count). The largest absolute Gasteiger partial charge is 0.507 e. The third kappa shape index (κ3) is 1.69. The van der Waals surface area contributed by atoms with Crippen LogP contribution in [-0.2, 0) is 0 Å². The number of methoxy groups -OCH3 is 1. The van der Waals surface area contributed by atoms with Gasteiger partial charge in [-0.15, -0.1) is 0 Å². The van der Waals surface area contributed by atoms with E-state index in [9.17, 15) is 15.2 Å². The Balaban J connectivity index is 2.32. The molecule has 0 aromatic heterocycles. The molecule has 3 aromatic rings. The molecule has 0 saturated carbocycles. The SMILES string of the molecule is COc1cc2c(O)c3ccccc3c3c2c(c1[N+](=O)[O-])C=CN3. The second kappa shape index (κ2) is 4.61. The number of nitrogens with one attached hydrogen (secondary N) is 1. The van der Waals surface area contributed by atoms with Gasteiger partial charge in [-0.25, -0.2) is 0 Å². The van der Waals surface area contributed by atoms with Crippen molar-refractivity contribution in [3.63, 3.8) is 0 Å². The van der Waals surface area contributed by atoms with Crippen molar-refractivity contribution in [2.75, 3.05) is 12.4 Å². The van der Waals surface area contributed by atoms with Crippen LogP contribution in [0.1, 0.15) is 5.56 Å². The average molecular weight is 308 g/mol. The number of aromatic hydroxyl groups is 1. The van der Waals surface area contributed by atoms with Crippen molar-refractivity contribution in [3.05, 3.63) is 52.2 Å². The maximum atomic E-state index is 11.5. The number of benzene rings is 3. The molecule has 0 atom stereocenters. The van der Waals surface area contributed by atoms with Crippen molar-refractivity contribution in [3.8, 4) is 11.5 Å². The molecule has 0 amide bonds. The molecular weight excluding hydrogens is 296 g/mol. The van der Waals surface area contributed by atoms with E-state index in [1.54, 1.807) is 12.3 Å². The van der Waals surface area contributed by atoms with Crippen LogP contribution in [0.15, 0.2) is 36.5 Å². The molecule has 0 unspecified atom stereocenters. The zero-order chi connectivity index (χ0) is 16.1. The van der Waals surface area contributed by atoms with Crippen LogP contribution in [-0.4, -0.2) is 17.1 Å². The van der Waals surface area contributed by atoms with E-state index in [1.807, 2.05) is 24.3 Å². The van der Waals surface area contributed by atoms with Crippen molar-refractivity contribution in [1.29, 1.82) is 0 Å². The third-order valence-electron chi connectivity index (χ3n) is 4.14. The molecule has 3 aromatic carbocycles. The van der Waals surface area contributed by atoms with Gasteiger partial charge in [0.1, 0.15) is 5.75 Å². The smallest absolute Gasteiger partial charge is 0.318 e. The van der Waals surface area contributed by atoms with Crippen molar-refractivity contribution < 1.29 is 14.8 Å². The average Bonchev–Trinajstić information content (AvgIpc) is 2.58. The Hall–Kier alpha value is -3.28. The first-order valence-electron chi connectivity index (χ1n) is 6.99. The summed E-state index contributed by atoms with van der Waals surface area (Å²) in [6.07, 6.45) is 3.29.